The Morgan fingerprint density at radius 2 is 2.00 bits per heavy atom. The van der Waals surface area contributed by atoms with Crippen LogP contribution in [0.2, 0.25) is 0 Å². The fourth-order valence-electron chi connectivity index (χ4n) is 2.56. The van der Waals surface area contributed by atoms with Gasteiger partial charge in [-0.1, -0.05) is 30.3 Å². The van der Waals surface area contributed by atoms with Crippen LogP contribution in [0.25, 0.3) is 0 Å². The molecule has 1 saturated heterocycles. The number of esters is 1. The first-order chi connectivity index (χ1) is 11.2. The van der Waals surface area contributed by atoms with Crippen LogP contribution < -0.4 is 0 Å². The van der Waals surface area contributed by atoms with E-state index in [9.17, 15) is 14.7 Å². The molecule has 0 spiro atoms. The average molecular weight is 335 g/mol. The Morgan fingerprint density at radius 3 is 2.54 bits per heavy atom. The van der Waals surface area contributed by atoms with Crippen LogP contribution in [0.1, 0.15) is 32.8 Å². The summed E-state index contributed by atoms with van der Waals surface area (Å²) in [5.41, 5.74) is 0.358. The largest absolute Gasteiger partial charge is 0.460 e. The number of carbonyl (C=O) groups is 2. The molecule has 132 valence electrons. The van der Waals surface area contributed by atoms with Crippen LogP contribution in [-0.2, 0) is 25.6 Å². The summed E-state index contributed by atoms with van der Waals surface area (Å²) in [5.74, 6) is -1.31. The van der Waals surface area contributed by atoms with E-state index in [1.54, 1.807) is 20.8 Å². The van der Waals surface area contributed by atoms with Crippen molar-refractivity contribution in [1.82, 2.24) is 5.06 Å². The molecule has 1 aromatic rings. The molecule has 2 rings (SSSR count). The van der Waals surface area contributed by atoms with Crippen molar-refractivity contribution in [3.8, 4) is 0 Å². The fraction of sp³-hybridized carbons (Fsp3) is 0.556. The molecule has 1 aliphatic heterocycles. The van der Waals surface area contributed by atoms with E-state index in [0.717, 1.165) is 10.6 Å². The zero-order valence-corrected chi connectivity index (χ0v) is 14.4. The van der Waals surface area contributed by atoms with Gasteiger partial charge in [0.25, 0.3) is 0 Å². The van der Waals surface area contributed by atoms with Crippen LogP contribution >= 0.6 is 0 Å². The second kappa shape index (κ2) is 7.77. The Morgan fingerprint density at radius 1 is 1.33 bits per heavy atom. The Labute approximate surface area is 142 Å². The van der Waals surface area contributed by atoms with Gasteiger partial charge in [0.2, 0.25) is 5.91 Å². The molecular formula is C18H25NO5. The third-order valence-electron chi connectivity index (χ3n) is 3.55. The smallest absolute Gasteiger partial charge is 0.307 e. The standard InChI is InChI=1S/C18H25NO5/c1-18(2,3)24-16(21)10-14(9-13-7-5-4-6-8-13)17(22)19-11-15(20)12-23-19/h4-8,14-15,20H,9-12H2,1-3H3/t14-,15?/m1/s1. The highest BCUT2D eigenvalue weighted by molar-refractivity contribution is 5.83. The molecule has 0 bridgehead atoms. The highest BCUT2D eigenvalue weighted by Gasteiger charge is 2.33. The third-order valence-corrected chi connectivity index (χ3v) is 3.55. The highest BCUT2D eigenvalue weighted by atomic mass is 16.7. The van der Waals surface area contributed by atoms with Crippen molar-refractivity contribution < 1.29 is 24.3 Å². The van der Waals surface area contributed by atoms with E-state index in [4.69, 9.17) is 9.57 Å². The summed E-state index contributed by atoms with van der Waals surface area (Å²) >= 11 is 0. The first-order valence-electron chi connectivity index (χ1n) is 8.13. The molecule has 1 heterocycles. The number of hydroxylamine groups is 2. The molecule has 1 aromatic carbocycles. The predicted octanol–water partition coefficient (Wildman–Crippen LogP) is 1.71. The molecule has 1 N–H and O–H groups in total. The second-order valence-corrected chi connectivity index (χ2v) is 7.03. The number of β-amino-alcohol motifs (C(OH)–C–C–N with tert-alkyl or cyclic N) is 1. The number of ether oxygens (including phenoxy) is 1. The summed E-state index contributed by atoms with van der Waals surface area (Å²) in [5, 5.41) is 10.7. The van der Waals surface area contributed by atoms with Gasteiger partial charge in [0, 0.05) is 0 Å². The summed E-state index contributed by atoms with van der Waals surface area (Å²) in [7, 11) is 0. The van der Waals surface area contributed by atoms with E-state index in [0.29, 0.717) is 6.42 Å². The predicted molar refractivity (Wildman–Crippen MR) is 87.8 cm³/mol. The van der Waals surface area contributed by atoms with Gasteiger partial charge >= 0.3 is 5.97 Å². The van der Waals surface area contributed by atoms with Gasteiger partial charge in [-0.3, -0.25) is 14.4 Å². The van der Waals surface area contributed by atoms with Gasteiger partial charge in [0.15, 0.2) is 0 Å². The van der Waals surface area contributed by atoms with E-state index >= 15 is 0 Å². The number of amides is 1. The highest BCUT2D eigenvalue weighted by Crippen LogP contribution is 2.20. The van der Waals surface area contributed by atoms with Gasteiger partial charge in [0.05, 0.1) is 25.0 Å². The number of carbonyl (C=O) groups excluding carboxylic acids is 2. The topological polar surface area (TPSA) is 76.1 Å². The average Bonchev–Trinajstić information content (AvgIpc) is 2.91. The van der Waals surface area contributed by atoms with E-state index in [1.807, 2.05) is 30.3 Å². The number of hydrogen-bond donors (Lipinski definition) is 1. The monoisotopic (exact) mass is 335 g/mol. The normalized spacial score (nSPS) is 19.2. The number of hydrogen-bond acceptors (Lipinski definition) is 5. The van der Waals surface area contributed by atoms with Gasteiger partial charge in [-0.25, -0.2) is 5.06 Å². The van der Waals surface area contributed by atoms with Crippen molar-refractivity contribution in [2.75, 3.05) is 13.2 Å². The lowest BCUT2D eigenvalue weighted by molar-refractivity contribution is -0.176. The van der Waals surface area contributed by atoms with Gasteiger partial charge in [-0.05, 0) is 32.8 Å². The van der Waals surface area contributed by atoms with Crippen molar-refractivity contribution in [3.63, 3.8) is 0 Å². The zero-order valence-electron chi connectivity index (χ0n) is 14.4. The fourth-order valence-corrected chi connectivity index (χ4v) is 2.56. The summed E-state index contributed by atoms with van der Waals surface area (Å²) in [6.07, 6.45) is -0.302. The summed E-state index contributed by atoms with van der Waals surface area (Å²) in [6.45, 7) is 5.59. The molecule has 0 saturated carbocycles. The minimum atomic E-state index is -0.687. The number of aliphatic hydroxyl groups is 1. The number of aliphatic hydroxyl groups excluding tert-OH is 1. The van der Waals surface area contributed by atoms with Crippen LogP contribution in [0.4, 0.5) is 0 Å². The van der Waals surface area contributed by atoms with Gasteiger partial charge in [-0.2, -0.15) is 0 Å². The van der Waals surface area contributed by atoms with Crippen molar-refractivity contribution in [2.45, 2.75) is 45.3 Å². The van der Waals surface area contributed by atoms with Gasteiger partial charge in [-0.15, -0.1) is 0 Å². The number of nitrogens with zero attached hydrogens (tertiary/aromatic N) is 1. The van der Waals surface area contributed by atoms with Gasteiger partial charge in [0.1, 0.15) is 12.2 Å². The molecule has 6 heteroatoms. The van der Waals surface area contributed by atoms with Crippen molar-refractivity contribution in [3.05, 3.63) is 35.9 Å². The van der Waals surface area contributed by atoms with E-state index in [2.05, 4.69) is 0 Å². The molecule has 0 aromatic heterocycles. The lowest BCUT2D eigenvalue weighted by Crippen LogP contribution is -2.37. The molecule has 0 aliphatic carbocycles. The van der Waals surface area contributed by atoms with Crippen LogP contribution in [0.5, 0.6) is 0 Å². The lowest BCUT2D eigenvalue weighted by Gasteiger charge is -2.24. The Kier molecular flexibility index (Phi) is 5.96. The van der Waals surface area contributed by atoms with Crippen LogP contribution in [-0.4, -0.2) is 46.9 Å². The second-order valence-electron chi connectivity index (χ2n) is 7.03. The van der Waals surface area contributed by atoms with Crippen molar-refractivity contribution in [1.29, 1.82) is 0 Å². The number of rotatable bonds is 5. The molecular weight excluding hydrogens is 310 g/mol. The molecule has 24 heavy (non-hydrogen) atoms. The quantitative estimate of drug-likeness (QED) is 0.829. The van der Waals surface area contributed by atoms with E-state index in [1.165, 1.54) is 0 Å². The molecule has 2 atom stereocenters. The maximum Gasteiger partial charge on any atom is 0.307 e. The maximum absolute atomic E-state index is 12.7. The summed E-state index contributed by atoms with van der Waals surface area (Å²) in [6, 6.07) is 9.50. The molecule has 0 radical (unpaired) electrons. The summed E-state index contributed by atoms with van der Waals surface area (Å²) < 4.78 is 5.34. The SMILES string of the molecule is CC(C)(C)OC(=O)C[C@@H](Cc1ccccc1)C(=O)N1CC(O)CO1. The van der Waals surface area contributed by atoms with Crippen LogP contribution in [0, 0.1) is 5.92 Å². The Balaban J connectivity index is 2.08. The lowest BCUT2D eigenvalue weighted by atomic mass is 9.95. The Bertz CT molecular complexity index is 567. The molecule has 1 aliphatic rings. The maximum atomic E-state index is 12.7. The third kappa shape index (κ3) is 5.62. The van der Waals surface area contributed by atoms with Crippen LogP contribution in [0.3, 0.4) is 0 Å². The zero-order chi connectivity index (χ0) is 17.7. The molecule has 6 nitrogen and oxygen atoms in total. The van der Waals surface area contributed by atoms with E-state index < -0.39 is 23.6 Å². The van der Waals surface area contributed by atoms with Crippen molar-refractivity contribution in [2.24, 2.45) is 5.92 Å². The molecule has 1 fully saturated rings. The molecule has 1 unspecified atom stereocenters. The van der Waals surface area contributed by atoms with E-state index in [-0.39, 0.29) is 25.5 Å². The first kappa shape index (κ1) is 18.4. The Hall–Kier alpha value is -1.92. The van der Waals surface area contributed by atoms with Gasteiger partial charge < -0.3 is 9.84 Å². The minimum absolute atomic E-state index is 0.0268. The first-order valence-corrected chi connectivity index (χ1v) is 8.13. The molecule has 1 amide bonds. The summed E-state index contributed by atoms with van der Waals surface area (Å²) in [4.78, 5) is 30.0. The number of benzene rings is 1. The van der Waals surface area contributed by atoms with Crippen molar-refractivity contribution >= 4 is 11.9 Å². The van der Waals surface area contributed by atoms with Crippen LogP contribution in [0.15, 0.2) is 30.3 Å². The minimum Gasteiger partial charge on any atom is -0.460 e.